The van der Waals surface area contributed by atoms with Crippen molar-refractivity contribution in [2.24, 2.45) is 5.10 Å². The summed E-state index contributed by atoms with van der Waals surface area (Å²) in [6.07, 6.45) is 4.87. The topological polar surface area (TPSA) is 54.4 Å². The maximum Gasteiger partial charge on any atom is 0.271 e. The lowest BCUT2D eigenvalue weighted by Crippen LogP contribution is -2.18. The average molecular weight is 253 g/mol. The minimum Gasteiger partial charge on any atom is -0.267 e. The van der Waals surface area contributed by atoms with Gasteiger partial charge in [0, 0.05) is 30.1 Å². The van der Waals surface area contributed by atoms with Crippen LogP contribution in [0.3, 0.4) is 0 Å². The van der Waals surface area contributed by atoms with Crippen LogP contribution in [0.15, 0.2) is 60.0 Å². The quantitative estimate of drug-likeness (QED) is 0.672. The van der Waals surface area contributed by atoms with E-state index in [0.29, 0.717) is 5.56 Å². The van der Waals surface area contributed by atoms with Gasteiger partial charge in [0.1, 0.15) is 0 Å². The van der Waals surface area contributed by atoms with Crippen LogP contribution in [-0.2, 0) is 0 Å². The minimum atomic E-state index is -0.237. The number of benzene rings is 1. The minimum absolute atomic E-state index is 0.152. The first-order chi connectivity index (χ1) is 9.27. The van der Waals surface area contributed by atoms with E-state index in [2.05, 4.69) is 15.5 Å². The van der Waals surface area contributed by atoms with Crippen LogP contribution >= 0.6 is 0 Å². The Bertz CT molecular complexity index is 552. The smallest absolute Gasteiger partial charge is 0.267 e. The fourth-order valence-electron chi connectivity index (χ4n) is 1.62. The van der Waals surface area contributed by atoms with Crippen molar-refractivity contribution in [3.63, 3.8) is 0 Å². The summed E-state index contributed by atoms with van der Waals surface area (Å²) >= 11 is 0. The van der Waals surface area contributed by atoms with E-state index in [1.807, 2.05) is 37.3 Å². The van der Waals surface area contributed by atoms with Gasteiger partial charge in [-0.25, -0.2) is 5.43 Å². The molecule has 4 heteroatoms. The van der Waals surface area contributed by atoms with Crippen LogP contribution in [0.1, 0.15) is 28.8 Å². The average Bonchev–Trinajstić information content (AvgIpc) is 2.49. The third-order valence-electron chi connectivity index (χ3n) is 2.73. The van der Waals surface area contributed by atoms with Crippen LogP contribution in [0, 0.1) is 0 Å². The summed E-state index contributed by atoms with van der Waals surface area (Å²) in [7, 11) is 0. The molecule has 1 aromatic carbocycles. The lowest BCUT2D eigenvalue weighted by atomic mass is 10.0. The normalized spacial score (nSPS) is 12.3. The zero-order chi connectivity index (χ0) is 13.5. The van der Waals surface area contributed by atoms with E-state index in [0.717, 1.165) is 5.56 Å². The summed E-state index contributed by atoms with van der Waals surface area (Å²) in [4.78, 5) is 15.6. The van der Waals surface area contributed by atoms with Gasteiger partial charge >= 0.3 is 0 Å². The van der Waals surface area contributed by atoms with Gasteiger partial charge in [0.05, 0.1) is 0 Å². The van der Waals surface area contributed by atoms with Crippen LogP contribution < -0.4 is 5.43 Å². The molecule has 0 fully saturated rings. The molecule has 0 saturated heterocycles. The number of nitrogens with zero attached hydrogens (tertiary/aromatic N) is 2. The maximum absolute atomic E-state index is 11.7. The van der Waals surface area contributed by atoms with Gasteiger partial charge in [-0.2, -0.15) is 5.10 Å². The molecule has 19 heavy (non-hydrogen) atoms. The molecule has 96 valence electrons. The molecule has 0 aliphatic carbocycles. The number of hydrogen-bond acceptors (Lipinski definition) is 3. The van der Waals surface area contributed by atoms with Gasteiger partial charge in [-0.1, -0.05) is 37.3 Å². The lowest BCUT2D eigenvalue weighted by molar-refractivity contribution is 0.0955. The summed E-state index contributed by atoms with van der Waals surface area (Å²) in [5, 5.41) is 3.98. The van der Waals surface area contributed by atoms with Crippen molar-refractivity contribution in [2.75, 3.05) is 0 Å². The number of pyridine rings is 1. The zero-order valence-electron chi connectivity index (χ0n) is 10.7. The monoisotopic (exact) mass is 253 g/mol. The second-order valence-electron chi connectivity index (χ2n) is 4.15. The molecule has 0 spiro atoms. The first-order valence-corrected chi connectivity index (χ1v) is 6.06. The van der Waals surface area contributed by atoms with Crippen LogP contribution in [0.4, 0.5) is 0 Å². The Morgan fingerprint density at radius 3 is 2.58 bits per heavy atom. The highest BCUT2D eigenvalue weighted by Gasteiger charge is 2.03. The van der Waals surface area contributed by atoms with Crippen molar-refractivity contribution >= 4 is 12.1 Å². The maximum atomic E-state index is 11.7. The standard InChI is InChI=1S/C15H15N3O/c1-12(13-5-3-2-4-6-13)11-17-18-15(19)14-7-9-16-10-8-14/h2-12H,1H3,(H,18,19)/b17-11-/t12-/m0/s1. The molecular formula is C15H15N3O. The summed E-state index contributed by atoms with van der Waals surface area (Å²) < 4.78 is 0. The van der Waals surface area contributed by atoms with E-state index < -0.39 is 0 Å². The van der Waals surface area contributed by atoms with E-state index in [1.165, 1.54) is 0 Å². The second-order valence-corrected chi connectivity index (χ2v) is 4.15. The number of hydrazone groups is 1. The molecule has 1 N–H and O–H groups in total. The van der Waals surface area contributed by atoms with Gasteiger partial charge in [0.15, 0.2) is 0 Å². The lowest BCUT2D eigenvalue weighted by Gasteiger charge is -2.05. The molecule has 0 aliphatic rings. The molecule has 0 aliphatic heterocycles. The number of nitrogens with one attached hydrogen (secondary N) is 1. The molecule has 0 radical (unpaired) electrons. The van der Waals surface area contributed by atoms with Crippen LogP contribution in [0.2, 0.25) is 0 Å². The molecule has 1 atom stereocenters. The Morgan fingerprint density at radius 2 is 1.89 bits per heavy atom. The van der Waals surface area contributed by atoms with E-state index in [-0.39, 0.29) is 11.8 Å². The second kappa shape index (κ2) is 6.44. The SMILES string of the molecule is C[C@@H](/C=N\NC(=O)c1ccncc1)c1ccccc1. The molecule has 1 aromatic heterocycles. The van der Waals surface area contributed by atoms with Gasteiger partial charge < -0.3 is 0 Å². The van der Waals surface area contributed by atoms with Crippen molar-refractivity contribution < 1.29 is 4.79 Å². The number of carbonyl (C=O) groups excluding carboxylic acids is 1. The van der Waals surface area contributed by atoms with Crippen molar-refractivity contribution in [3.05, 3.63) is 66.0 Å². The Labute approximate surface area is 112 Å². The molecule has 4 nitrogen and oxygen atoms in total. The molecule has 0 bridgehead atoms. The Morgan fingerprint density at radius 1 is 1.21 bits per heavy atom. The molecule has 0 saturated carbocycles. The van der Waals surface area contributed by atoms with Crippen molar-refractivity contribution in [1.29, 1.82) is 0 Å². The number of hydrogen-bond donors (Lipinski definition) is 1. The van der Waals surface area contributed by atoms with E-state index in [1.54, 1.807) is 30.7 Å². The molecule has 2 aromatic rings. The zero-order valence-corrected chi connectivity index (χ0v) is 10.7. The highest BCUT2D eigenvalue weighted by Crippen LogP contribution is 2.11. The molecule has 1 amide bonds. The molecule has 2 rings (SSSR count). The molecule has 1 heterocycles. The van der Waals surface area contributed by atoms with Crippen molar-refractivity contribution in [3.8, 4) is 0 Å². The highest BCUT2D eigenvalue weighted by molar-refractivity contribution is 5.94. The predicted octanol–water partition coefficient (Wildman–Crippen LogP) is 2.60. The highest BCUT2D eigenvalue weighted by atomic mass is 16.2. The number of amides is 1. The van der Waals surface area contributed by atoms with E-state index in [4.69, 9.17) is 0 Å². The van der Waals surface area contributed by atoms with E-state index in [9.17, 15) is 4.79 Å². The third kappa shape index (κ3) is 3.74. The van der Waals surface area contributed by atoms with Gasteiger partial charge in [-0.3, -0.25) is 9.78 Å². The molecular weight excluding hydrogens is 238 g/mol. The van der Waals surface area contributed by atoms with Gasteiger partial charge in [0.2, 0.25) is 0 Å². The fourth-order valence-corrected chi connectivity index (χ4v) is 1.62. The number of rotatable bonds is 4. The third-order valence-corrected chi connectivity index (χ3v) is 2.73. The summed E-state index contributed by atoms with van der Waals surface area (Å²) in [6.45, 7) is 2.03. The number of carbonyl (C=O) groups is 1. The van der Waals surface area contributed by atoms with Crippen LogP contribution in [0.5, 0.6) is 0 Å². The largest absolute Gasteiger partial charge is 0.271 e. The fraction of sp³-hybridized carbons (Fsp3) is 0.133. The first kappa shape index (κ1) is 13.0. The van der Waals surface area contributed by atoms with Crippen molar-refractivity contribution in [1.82, 2.24) is 10.4 Å². The van der Waals surface area contributed by atoms with Crippen molar-refractivity contribution in [2.45, 2.75) is 12.8 Å². The predicted molar refractivity (Wildman–Crippen MR) is 75.1 cm³/mol. The Kier molecular flexibility index (Phi) is 4.39. The Balaban J connectivity index is 1.92. The summed E-state index contributed by atoms with van der Waals surface area (Å²) in [5.41, 5.74) is 4.20. The van der Waals surface area contributed by atoms with Gasteiger partial charge in [-0.05, 0) is 17.7 Å². The van der Waals surface area contributed by atoms with Gasteiger partial charge in [0.25, 0.3) is 5.91 Å². The van der Waals surface area contributed by atoms with E-state index >= 15 is 0 Å². The summed E-state index contributed by atoms with van der Waals surface area (Å²) in [5.74, 6) is -0.0853. The Hall–Kier alpha value is -2.49. The van der Waals surface area contributed by atoms with Crippen LogP contribution in [0.25, 0.3) is 0 Å². The van der Waals surface area contributed by atoms with Gasteiger partial charge in [-0.15, -0.1) is 0 Å². The summed E-state index contributed by atoms with van der Waals surface area (Å²) in [6, 6.07) is 13.3. The number of aromatic nitrogens is 1. The van der Waals surface area contributed by atoms with Crippen LogP contribution in [-0.4, -0.2) is 17.1 Å². The first-order valence-electron chi connectivity index (χ1n) is 6.06. The molecule has 0 unspecified atom stereocenters.